The summed E-state index contributed by atoms with van der Waals surface area (Å²) in [4.78, 5) is 0. The van der Waals surface area contributed by atoms with E-state index >= 15 is 0 Å². The smallest absolute Gasteiger partial charge is 0.142 e. The molecular weight excluding hydrogens is 303 g/mol. The Balaban J connectivity index is 2.58. The van der Waals surface area contributed by atoms with Crippen LogP contribution in [0.15, 0.2) is 12.1 Å². The molecule has 1 N–H and O–H groups in total. The summed E-state index contributed by atoms with van der Waals surface area (Å²) < 4.78 is 13.4. The Morgan fingerprint density at radius 1 is 1.54 bits per heavy atom. The van der Waals surface area contributed by atoms with Gasteiger partial charge in [0.1, 0.15) is 5.82 Å². The predicted octanol–water partition coefficient (Wildman–Crippen LogP) is 3.77. The van der Waals surface area contributed by atoms with Gasteiger partial charge in [-0.3, -0.25) is 0 Å². The van der Waals surface area contributed by atoms with Gasteiger partial charge in [-0.1, -0.05) is 34.2 Å². The molecule has 0 aromatic heterocycles. The highest BCUT2D eigenvalue weighted by atomic mass is 127. The van der Waals surface area contributed by atoms with Crippen molar-refractivity contribution in [2.75, 3.05) is 11.9 Å². The minimum Gasteiger partial charge on any atom is -0.385 e. The molecule has 0 aliphatic carbocycles. The van der Waals surface area contributed by atoms with Crippen LogP contribution in [0.25, 0.3) is 0 Å². The van der Waals surface area contributed by atoms with E-state index in [0.717, 1.165) is 24.2 Å². The predicted molar refractivity (Wildman–Crippen MR) is 61.3 cm³/mol. The van der Waals surface area contributed by atoms with Crippen LogP contribution >= 0.6 is 34.2 Å². The van der Waals surface area contributed by atoms with Gasteiger partial charge in [-0.05, 0) is 18.6 Å². The summed E-state index contributed by atoms with van der Waals surface area (Å²) >= 11 is 8.19. The van der Waals surface area contributed by atoms with Gasteiger partial charge in [0.15, 0.2) is 0 Å². The Morgan fingerprint density at radius 2 is 2.31 bits per heavy atom. The maximum absolute atomic E-state index is 13.1. The topological polar surface area (TPSA) is 12.0 Å². The summed E-state index contributed by atoms with van der Waals surface area (Å²) in [6.45, 7) is 0.933. The number of benzene rings is 1. The number of hydrogen-bond donors (Lipinski definition) is 1. The Kier molecular flexibility index (Phi) is 2.65. The Hall–Kier alpha value is -0.0300. The first-order valence-corrected chi connectivity index (χ1v) is 5.68. The van der Waals surface area contributed by atoms with E-state index in [0.29, 0.717) is 3.92 Å². The molecule has 0 bridgehead atoms. The lowest BCUT2D eigenvalue weighted by atomic mass is 10.0. The monoisotopic (exact) mass is 311 g/mol. The fourth-order valence-electron chi connectivity index (χ4n) is 1.50. The summed E-state index contributed by atoms with van der Waals surface area (Å²) in [6, 6.07) is 3.16. The fraction of sp³-hybridized carbons (Fsp3) is 0.333. The van der Waals surface area contributed by atoms with Crippen molar-refractivity contribution < 1.29 is 4.39 Å². The first-order chi connectivity index (χ1) is 6.20. The molecule has 1 aromatic rings. The Labute approximate surface area is 94.8 Å². The molecule has 1 atom stereocenters. The molecule has 0 fully saturated rings. The van der Waals surface area contributed by atoms with E-state index < -0.39 is 0 Å². The lowest BCUT2D eigenvalue weighted by Gasteiger charge is -2.23. The molecule has 2 rings (SSSR count). The number of hydrogen-bond acceptors (Lipinski definition) is 1. The lowest BCUT2D eigenvalue weighted by Crippen LogP contribution is -2.14. The van der Waals surface area contributed by atoms with E-state index in [1.165, 1.54) is 6.07 Å². The minimum atomic E-state index is -0.328. The van der Waals surface area contributed by atoms with Crippen LogP contribution in [0.3, 0.4) is 0 Å². The van der Waals surface area contributed by atoms with Crippen LogP contribution in [0, 0.1) is 5.82 Å². The second-order valence-corrected chi connectivity index (χ2v) is 4.89. The number of anilines is 1. The van der Waals surface area contributed by atoms with E-state index in [2.05, 4.69) is 27.9 Å². The van der Waals surface area contributed by atoms with Crippen molar-refractivity contribution in [2.24, 2.45) is 0 Å². The van der Waals surface area contributed by atoms with Gasteiger partial charge in [0.05, 0.1) is 5.02 Å². The molecule has 0 amide bonds. The molecule has 4 heteroatoms. The van der Waals surface area contributed by atoms with Crippen molar-refractivity contribution in [3.05, 3.63) is 28.5 Å². The number of halogens is 3. The standard InChI is InChI=1S/C9H8ClFIN/c10-9-5(11)1-2-7-8(9)6(12)3-4-13-7/h1-2,6,13H,3-4H2. The van der Waals surface area contributed by atoms with Crippen LogP contribution in [0.5, 0.6) is 0 Å². The Morgan fingerprint density at radius 3 is 3.08 bits per heavy atom. The first-order valence-electron chi connectivity index (χ1n) is 4.06. The highest BCUT2D eigenvalue weighted by Crippen LogP contribution is 2.41. The Bertz CT molecular complexity index is 343. The molecule has 1 unspecified atom stereocenters. The van der Waals surface area contributed by atoms with Crippen LogP contribution in [0.1, 0.15) is 15.9 Å². The van der Waals surface area contributed by atoms with Gasteiger partial charge in [0.2, 0.25) is 0 Å². The maximum atomic E-state index is 13.1. The van der Waals surface area contributed by atoms with Gasteiger partial charge >= 0.3 is 0 Å². The lowest BCUT2D eigenvalue weighted by molar-refractivity contribution is 0.624. The zero-order chi connectivity index (χ0) is 9.42. The fourth-order valence-corrected chi connectivity index (χ4v) is 2.94. The van der Waals surface area contributed by atoms with E-state index in [-0.39, 0.29) is 10.8 Å². The van der Waals surface area contributed by atoms with Gasteiger partial charge in [-0.25, -0.2) is 4.39 Å². The highest BCUT2D eigenvalue weighted by molar-refractivity contribution is 14.1. The molecule has 0 saturated heterocycles. The van der Waals surface area contributed by atoms with Crippen molar-refractivity contribution in [2.45, 2.75) is 10.3 Å². The molecule has 0 radical (unpaired) electrons. The quantitative estimate of drug-likeness (QED) is 0.568. The molecule has 0 spiro atoms. The molecule has 1 aliphatic rings. The second kappa shape index (κ2) is 3.61. The SMILES string of the molecule is Fc1ccc2c(c1Cl)C(I)CCN2. The van der Waals surface area contributed by atoms with Crippen LogP contribution < -0.4 is 5.32 Å². The van der Waals surface area contributed by atoms with Gasteiger partial charge in [-0.2, -0.15) is 0 Å². The molecule has 1 aliphatic heterocycles. The molecular formula is C9H8ClFIN. The number of fused-ring (bicyclic) bond motifs is 1. The largest absolute Gasteiger partial charge is 0.385 e. The zero-order valence-electron chi connectivity index (χ0n) is 6.78. The third kappa shape index (κ3) is 1.64. The third-order valence-electron chi connectivity index (χ3n) is 2.16. The zero-order valence-corrected chi connectivity index (χ0v) is 9.69. The van der Waals surface area contributed by atoms with Crippen molar-refractivity contribution in [3.8, 4) is 0 Å². The van der Waals surface area contributed by atoms with Gasteiger partial charge in [-0.15, -0.1) is 0 Å². The molecule has 0 saturated carbocycles. The minimum absolute atomic E-state index is 0.268. The summed E-state index contributed by atoms with van der Waals surface area (Å²) in [7, 11) is 0. The van der Waals surface area contributed by atoms with Crippen molar-refractivity contribution in [1.29, 1.82) is 0 Å². The van der Waals surface area contributed by atoms with Crippen molar-refractivity contribution in [3.63, 3.8) is 0 Å². The van der Waals surface area contributed by atoms with E-state index in [9.17, 15) is 4.39 Å². The second-order valence-electron chi connectivity index (χ2n) is 3.01. The normalized spacial score (nSPS) is 20.7. The van der Waals surface area contributed by atoms with Crippen LogP contribution in [0.4, 0.5) is 10.1 Å². The highest BCUT2D eigenvalue weighted by Gasteiger charge is 2.21. The van der Waals surface area contributed by atoms with Crippen LogP contribution in [0.2, 0.25) is 5.02 Å². The number of rotatable bonds is 0. The van der Waals surface area contributed by atoms with Crippen LogP contribution in [-0.4, -0.2) is 6.54 Å². The molecule has 1 nitrogen and oxygen atoms in total. The summed E-state index contributed by atoms with van der Waals surface area (Å²) in [6.07, 6.45) is 0.997. The van der Waals surface area contributed by atoms with E-state index in [1.54, 1.807) is 6.07 Å². The summed E-state index contributed by atoms with van der Waals surface area (Å²) in [5.41, 5.74) is 1.88. The molecule has 70 valence electrons. The third-order valence-corrected chi connectivity index (χ3v) is 3.79. The van der Waals surface area contributed by atoms with Crippen molar-refractivity contribution in [1.82, 2.24) is 0 Å². The van der Waals surface area contributed by atoms with Crippen LogP contribution in [-0.2, 0) is 0 Å². The molecule has 13 heavy (non-hydrogen) atoms. The van der Waals surface area contributed by atoms with E-state index in [1.807, 2.05) is 0 Å². The number of nitrogens with one attached hydrogen (secondary N) is 1. The van der Waals surface area contributed by atoms with Gasteiger partial charge in [0.25, 0.3) is 0 Å². The molecule has 1 aromatic carbocycles. The molecule has 1 heterocycles. The summed E-state index contributed by atoms with van der Waals surface area (Å²) in [5.74, 6) is -0.328. The average Bonchev–Trinajstić information content (AvgIpc) is 2.12. The number of alkyl halides is 1. The summed E-state index contributed by atoms with van der Waals surface area (Å²) in [5, 5.41) is 3.47. The van der Waals surface area contributed by atoms with Gasteiger partial charge < -0.3 is 5.32 Å². The first kappa shape index (κ1) is 9.52. The maximum Gasteiger partial charge on any atom is 0.142 e. The van der Waals surface area contributed by atoms with Crippen molar-refractivity contribution >= 4 is 39.9 Å². The van der Waals surface area contributed by atoms with Gasteiger partial charge in [0, 0.05) is 21.7 Å². The average molecular weight is 312 g/mol. The van der Waals surface area contributed by atoms with E-state index in [4.69, 9.17) is 11.6 Å².